The van der Waals surface area contributed by atoms with E-state index in [0.29, 0.717) is 10.7 Å². The van der Waals surface area contributed by atoms with Crippen LogP contribution in [-0.2, 0) is 0 Å². The van der Waals surface area contributed by atoms with Crippen LogP contribution in [0.25, 0.3) is 0 Å². The van der Waals surface area contributed by atoms with Gasteiger partial charge in [-0.25, -0.2) is 4.98 Å². The molecule has 26 heavy (non-hydrogen) atoms. The van der Waals surface area contributed by atoms with Crippen molar-refractivity contribution < 1.29 is 9.59 Å². The molecule has 2 aliphatic carbocycles. The van der Waals surface area contributed by atoms with Crippen molar-refractivity contribution in [3.63, 3.8) is 0 Å². The molecule has 136 valence electrons. The normalized spacial score (nSPS) is 27.1. The average Bonchev–Trinajstić information content (AvgIpc) is 3.17. The van der Waals surface area contributed by atoms with E-state index < -0.39 is 0 Å². The highest BCUT2D eigenvalue weighted by Crippen LogP contribution is 2.48. The van der Waals surface area contributed by atoms with Gasteiger partial charge in [-0.15, -0.1) is 11.3 Å². The van der Waals surface area contributed by atoms with Crippen molar-refractivity contribution in [2.24, 2.45) is 0 Å². The van der Waals surface area contributed by atoms with Gasteiger partial charge in [0, 0.05) is 28.3 Å². The van der Waals surface area contributed by atoms with E-state index in [1.54, 1.807) is 18.3 Å². The number of hydrogen-bond acceptors (Lipinski definition) is 5. The van der Waals surface area contributed by atoms with Gasteiger partial charge in [-0.3, -0.25) is 14.6 Å². The molecule has 0 radical (unpaired) electrons. The predicted octanol–water partition coefficient (Wildman–Crippen LogP) is 2.85. The first-order valence-corrected chi connectivity index (χ1v) is 9.86. The Morgan fingerprint density at radius 3 is 2.42 bits per heavy atom. The molecule has 2 aromatic heterocycles. The van der Waals surface area contributed by atoms with Crippen molar-refractivity contribution in [3.05, 3.63) is 46.2 Å². The summed E-state index contributed by atoms with van der Waals surface area (Å²) in [5, 5.41) is 8.85. The van der Waals surface area contributed by atoms with Crippen LogP contribution in [0.1, 0.15) is 64.5 Å². The summed E-state index contributed by atoms with van der Waals surface area (Å²) in [5.74, 6) is -0.234. The summed E-state index contributed by atoms with van der Waals surface area (Å²) >= 11 is 1.37. The van der Waals surface area contributed by atoms with Crippen molar-refractivity contribution in [2.75, 3.05) is 0 Å². The highest BCUT2D eigenvalue weighted by atomic mass is 32.1. The minimum atomic E-state index is -0.251. The minimum Gasteiger partial charge on any atom is -0.345 e. The molecule has 2 amide bonds. The molecule has 2 bridgehead atoms. The highest BCUT2D eigenvalue weighted by Gasteiger charge is 2.52. The van der Waals surface area contributed by atoms with Crippen molar-refractivity contribution >= 4 is 23.2 Å². The molecule has 2 fully saturated rings. The molecule has 2 heterocycles. The Bertz CT molecular complexity index is 837. The fourth-order valence-corrected chi connectivity index (χ4v) is 5.08. The third-order valence-corrected chi connectivity index (χ3v) is 6.50. The Balaban J connectivity index is 1.47. The Morgan fingerprint density at radius 1 is 1.08 bits per heavy atom. The van der Waals surface area contributed by atoms with Gasteiger partial charge in [0.1, 0.15) is 5.69 Å². The summed E-state index contributed by atoms with van der Waals surface area (Å²) in [6.45, 7) is 1.89. The molecule has 0 spiro atoms. The summed E-state index contributed by atoms with van der Waals surface area (Å²) in [6, 6.07) is 5.34. The standard InChI is InChI=1S/C19H22N4O2S/c1-13-11-26-17(21-13)16(25)23-19-7-4-6-18(12-19,8-9-19)22-15(24)14-5-2-3-10-20-14/h2-3,5,10-11H,4,6-9,12H2,1H3,(H,22,24)(H,23,25)/t18-,19-/m1/s1. The Labute approximate surface area is 156 Å². The predicted molar refractivity (Wildman–Crippen MR) is 99.2 cm³/mol. The second-order valence-corrected chi connectivity index (χ2v) is 8.37. The summed E-state index contributed by atoms with van der Waals surface area (Å²) in [4.78, 5) is 33.6. The van der Waals surface area contributed by atoms with Gasteiger partial charge in [-0.05, 0) is 57.6 Å². The quantitative estimate of drug-likeness (QED) is 0.867. The van der Waals surface area contributed by atoms with Gasteiger partial charge in [0.15, 0.2) is 5.01 Å². The molecule has 4 rings (SSSR count). The van der Waals surface area contributed by atoms with Crippen molar-refractivity contribution in [3.8, 4) is 0 Å². The van der Waals surface area contributed by atoms with Crippen LogP contribution in [0.4, 0.5) is 0 Å². The third kappa shape index (κ3) is 3.23. The van der Waals surface area contributed by atoms with Crippen LogP contribution in [0, 0.1) is 6.92 Å². The lowest BCUT2D eigenvalue weighted by Crippen LogP contribution is -2.55. The van der Waals surface area contributed by atoms with Crippen molar-refractivity contribution in [1.29, 1.82) is 0 Å². The molecule has 7 heteroatoms. The van der Waals surface area contributed by atoms with Gasteiger partial charge in [0.25, 0.3) is 11.8 Å². The Hall–Kier alpha value is -2.28. The molecule has 6 nitrogen and oxygen atoms in total. The maximum Gasteiger partial charge on any atom is 0.280 e. The Kier molecular flexibility index (Phi) is 4.26. The number of nitrogens with zero attached hydrogens (tertiary/aromatic N) is 2. The SMILES string of the molecule is Cc1csc(C(=O)N[C@]23CCC[C@@](NC(=O)c4ccccn4)(CC2)C3)n1. The van der Waals surface area contributed by atoms with Crippen LogP contribution in [0.15, 0.2) is 29.8 Å². The molecule has 0 aliphatic heterocycles. The summed E-state index contributed by atoms with van der Waals surface area (Å²) in [5.41, 5.74) is 0.808. The van der Waals surface area contributed by atoms with Crippen molar-refractivity contribution in [1.82, 2.24) is 20.6 Å². The number of aryl methyl sites for hydroxylation is 1. The molecule has 0 aromatic carbocycles. The number of hydrogen-bond donors (Lipinski definition) is 2. The lowest BCUT2D eigenvalue weighted by Gasteiger charge is -2.40. The summed E-state index contributed by atoms with van der Waals surface area (Å²) in [6.07, 6.45) is 7.04. The highest BCUT2D eigenvalue weighted by molar-refractivity contribution is 7.11. The zero-order chi connectivity index (χ0) is 18.2. The number of pyridine rings is 1. The van der Waals surface area contributed by atoms with Crippen molar-refractivity contribution in [2.45, 2.75) is 56.5 Å². The van der Waals surface area contributed by atoms with Crippen LogP contribution in [0.5, 0.6) is 0 Å². The maximum absolute atomic E-state index is 12.6. The molecular weight excluding hydrogens is 348 g/mol. The molecule has 2 atom stereocenters. The number of aromatic nitrogens is 2. The first-order chi connectivity index (χ1) is 12.5. The largest absolute Gasteiger partial charge is 0.345 e. The van der Waals surface area contributed by atoms with Crippen LogP contribution in [0.3, 0.4) is 0 Å². The first-order valence-electron chi connectivity index (χ1n) is 8.98. The topological polar surface area (TPSA) is 84.0 Å². The number of nitrogens with one attached hydrogen (secondary N) is 2. The van der Waals surface area contributed by atoms with Gasteiger partial charge >= 0.3 is 0 Å². The van der Waals surface area contributed by atoms with Gasteiger partial charge in [0.05, 0.1) is 0 Å². The van der Waals surface area contributed by atoms with E-state index in [-0.39, 0.29) is 22.9 Å². The molecular formula is C19H22N4O2S. The van der Waals surface area contributed by atoms with Gasteiger partial charge in [0.2, 0.25) is 0 Å². The molecule has 2 saturated carbocycles. The lowest BCUT2D eigenvalue weighted by molar-refractivity contribution is 0.0829. The van der Waals surface area contributed by atoms with Crippen LogP contribution in [0.2, 0.25) is 0 Å². The van der Waals surface area contributed by atoms with E-state index in [2.05, 4.69) is 20.6 Å². The molecule has 0 saturated heterocycles. The zero-order valence-corrected chi connectivity index (χ0v) is 15.6. The van der Waals surface area contributed by atoms with E-state index in [1.807, 2.05) is 18.4 Å². The van der Waals surface area contributed by atoms with E-state index in [4.69, 9.17) is 0 Å². The minimum absolute atomic E-state index is 0.100. The Morgan fingerprint density at radius 2 is 1.81 bits per heavy atom. The number of rotatable bonds is 4. The number of fused-ring (bicyclic) bond motifs is 2. The second kappa shape index (κ2) is 6.46. The van der Waals surface area contributed by atoms with Crippen LogP contribution >= 0.6 is 11.3 Å². The van der Waals surface area contributed by atoms with Gasteiger partial charge < -0.3 is 10.6 Å². The third-order valence-electron chi connectivity index (χ3n) is 5.54. The number of carbonyl (C=O) groups excluding carboxylic acids is 2. The van der Waals surface area contributed by atoms with Gasteiger partial charge in [-0.1, -0.05) is 6.07 Å². The van der Waals surface area contributed by atoms with Gasteiger partial charge in [-0.2, -0.15) is 0 Å². The number of thiazole rings is 1. The summed E-state index contributed by atoms with van der Waals surface area (Å²) in [7, 11) is 0. The molecule has 2 aromatic rings. The summed E-state index contributed by atoms with van der Waals surface area (Å²) < 4.78 is 0. The number of carbonyl (C=O) groups is 2. The molecule has 2 N–H and O–H groups in total. The zero-order valence-electron chi connectivity index (χ0n) is 14.7. The fourth-order valence-electron chi connectivity index (χ4n) is 4.39. The monoisotopic (exact) mass is 370 g/mol. The molecule has 2 aliphatic rings. The van der Waals surface area contributed by atoms with E-state index in [9.17, 15) is 9.59 Å². The van der Waals surface area contributed by atoms with Crippen LogP contribution in [-0.4, -0.2) is 32.9 Å². The molecule has 0 unspecified atom stereocenters. The second-order valence-electron chi connectivity index (χ2n) is 7.51. The average molecular weight is 370 g/mol. The van der Waals surface area contributed by atoms with E-state index in [1.165, 1.54) is 11.3 Å². The van der Waals surface area contributed by atoms with E-state index >= 15 is 0 Å². The lowest BCUT2D eigenvalue weighted by atomic mass is 9.78. The number of amides is 2. The van der Waals surface area contributed by atoms with E-state index in [0.717, 1.165) is 44.2 Å². The fraction of sp³-hybridized carbons (Fsp3) is 0.474. The maximum atomic E-state index is 12.6. The first kappa shape index (κ1) is 17.1. The van der Waals surface area contributed by atoms with Crippen LogP contribution < -0.4 is 10.6 Å². The smallest absolute Gasteiger partial charge is 0.280 e.